The topological polar surface area (TPSA) is 63.4 Å². The van der Waals surface area contributed by atoms with Crippen molar-refractivity contribution >= 4 is 11.8 Å². The van der Waals surface area contributed by atoms with Crippen LogP contribution in [0.4, 0.5) is 0 Å². The number of likely N-dealkylation sites (tertiary alicyclic amines) is 1. The number of nitrogens with zero attached hydrogens (tertiary/aromatic N) is 1. The highest BCUT2D eigenvalue weighted by Gasteiger charge is 2.26. The van der Waals surface area contributed by atoms with Gasteiger partial charge in [-0.25, -0.2) is 0 Å². The molecule has 1 aliphatic heterocycles. The van der Waals surface area contributed by atoms with Crippen LogP contribution in [0.5, 0.6) is 0 Å². The van der Waals surface area contributed by atoms with Crippen molar-refractivity contribution in [3.63, 3.8) is 0 Å². The quantitative estimate of drug-likeness (QED) is 0.901. The molecule has 1 aromatic rings. The molecule has 1 atom stereocenters. The van der Waals surface area contributed by atoms with Crippen molar-refractivity contribution in [3.05, 3.63) is 35.4 Å². The number of rotatable bonds is 5. The average molecular weight is 288 g/mol. The minimum Gasteiger partial charge on any atom is -0.369 e. The lowest BCUT2D eigenvalue weighted by Crippen LogP contribution is -2.44. The molecule has 21 heavy (non-hydrogen) atoms. The summed E-state index contributed by atoms with van der Waals surface area (Å²) in [6.45, 7) is 3.32. The molecule has 114 valence electrons. The normalized spacial score (nSPS) is 18.5. The molecule has 0 bridgehead atoms. The van der Waals surface area contributed by atoms with Crippen LogP contribution < -0.4 is 5.73 Å². The molecular formula is C17H24N2O2. The summed E-state index contributed by atoms with van der Waals surface area (Å²) in [5.41, 5.74) is 7.86. The van der Waals surface area contributed by atoms with Gasteiger partial charge in [0.05, 0.1) is 5.92 Å². The second-order valence-electron chi connectivity index (χ2n) is 5.92. The zero-order chi connectivity index (χ0) is 15.2. The summed E-state index contributed by atoms with van der Waals surface area (Å²) in [5, 5.41) is 0. The smallest absolute Gasteiger partial charge is 0.222 e. The summed E-state index contributed by atoms with van der Waals surface area (Å²) in [4.78, 5) is 25.2. The number of carbonyl (C=O) groups is 2. The summed E-state index contributed by atoms with van der Waals surface area (Å²) in [7, 11) is 0. The van der Waals surface area contributed by atoms with Crippen molar-refractivity contribution < 1.29 is 9.59 Å². The van der Waals surface area contributed by atoms with Gasteiger partial charge in [0.25, 0.3) is 0 Å². The van der Waals surface area contributed by atoms with Crippen LogP contribution in [0.1, 0.15) is 36.8 Å². The second kappa shape index (κ2) is 7.25. The first-order chi connectivity index (χ1) is 10.1. The van der Waals surface area contributed by atoms with Crippen molar-refractivity contribution in [2.24, 2.45) is 11.7 Å². The van der Waals surface area contributed by atoms with Crippen molar-refractivity contribution in [3.8, 4) is 0 Å². The number of nitrogens with two attached hydrogens (primary N) is 1. The Morgan fingerprint density at radius 3 is 2.67 bits per heavy atom. The molecule has 2 rings (SSSR count). The Kier molecular flexibility index (Phi) is 5.37. The Balaban J connectivity index is 1.76. The van der Waals surface area contributed by atoms with E-state index in [4.69, 9.17) is 5.73 Å². The van der Waals surface area contributed by atoms with Crippen LogP contribution in [0.2, 0.25) is 0 Å². The van der Waals surface area contributed by atoms with E-state index >= 15 is 0 Å². The third-order valence-electron chi connectivity index (χ3n) is 4.15. The molecule has 4 nitrogen and oxygen atoms in total. The molecule has 1 fully saturated rings. The summed E-state index contributed by atoms with van der Waals surface area (Å²) in [6.07, 6.45) is 3.98. The minimum atomic E-state index is -0.285. The van der Waals surface area contributed by atoms with Gasteiger partial charge in [0.15, 0.2) is 0 Å². The third-order valence-corrected chi connectivity index (χ3v) is 4.15. The molecule has 0 aromatic heterocycles. The zero-order valence-corrected chi connectivity index (χ0v) is 12.7. The van der Waals surface area contributed by atoms with Crippen molar-refractivity contribution in [1.29, 1.82) is 0 Å². The Bertz CT molecular complexity index is 496. The fraction of sp³-hybridized carbons (Fsp3) is 0.529. The molecule has 4 heteroatoms. The van der Waals surface area contributed by atoms with Gasteiger partial charge in [-0.15, -0.1) is 0 Å². The van der Waals surface area contributed by atoms with E-state index in [0.29, 0.717) is 13.0 Å². The maximum absolute atomic E-state index is 12.2. The van der Waals surface area contributed by atoms with Crippen LogP contribution in [-0.2, 0) is 16.0 Å². The number of hydrogen-bond acceptors (Lipinski definition) is 2. The molecule has 1 unspecified atom stereocenters. The second-order valence-corrected chi connectivity index (χ2v) is 5.92. The first-order valence-electron chi connectivity index (χ1n) is 7.69. The van der Waals surface area contributed by atoms with E-state index in [1.54, 1.807) is 4.90 Å². The standard InChI is InChI=1S/C17H24N2O2/c1-13-7-9-14(10-8-13)4-2-6-16(20)19-11-3-5-15(12-19)17(18)21/h7-10,15H,2-6,11-12H2,1H3,(H2,18,21). The minimum absolute atomic E-state index is 0.146. The van der Waals surface area contributed by atoms with Crippen LogP contribution in [0, 0.1) is 12.8 Å². The maximum Gasteiger partial charge on any atom is 0.222 e. The van der Waals surface area contributed by atoms with Crippen molar-refractivity contribution in [1.82, 2.24) is 4.90 Å². The Morgan fingerprint density at radius 2 is 2.00 bits per heavy atom. The van der Waals surface area contributed by atoms with Crippen LogP contribution >= 0.6 is 0 Å². The molecular weight excluding hydrogens is 264 g/mol. The van der Waals surface area contributed by atoms with Crippen molar-refractivity contribution in [2.75, 3.05) is 13.1 Å². The first-order valence-corrected chi connectivity index (χ1v) is 7.69. The largest absolute Gasteiger partial charge is 0.369 e. The van der Waals surface area contributed by atoms with Gasteiger partial charge < -0.3 is 10.6 Å². The highest BCUT2D eigenvalue weighted by Crippen LogP contribution is 2.17. The molecule has 0 radical (unpaired) electrons. The molecule has 0 spiro atoms. The van der Waals surface area contributed by atoms with Gasteiger partial charge >= 0.3 is 0 Å². The van der Waals surface area contributed by atoms with E-state index in [1.165, 1.54) is 11.1 Å². The first kappa shape index (κ1) is 15.5. The van der Waals surface area contributed by atoms with Crippen LogP contribution in [0.15, 0.2) is 24.3 Å². The van der Waals surface area contributed by atoms with Gasteiger partial charge in [0.1, 0.15) is 0 Å². The van der Waals surface area contributed by atoms with Gasteiger partial charge in [0, 0.05) is 19.5 Å². The monoisotopic (exact) mass is 288 g/mol. The van der Waals surface area contributed by atoms with Crippen LogP contribution in [-0.4, -0.2) is 29.8 Å². The van der Waals surface area contributed by atoms with Crippen LogP contribution in [0.25, 0.3) is 0 Å². The van der Waals surface area contributed by atoms with E-state index in [9.17, 15) is 9.59 Å². The lowest BCUT2D eigenvalue weighted by Gasteiger charge is -2.31. The van der Waals surface area contributed by atoms with E-state index < -0.39 is 0 Å². The number of piperidine rings is 1. The summed E-state index contributed by atoms with van der Waals surface area (Å²) in [6, 6.07) is 8.42. The summed E-state index contributed by atoms with van der Waals surface area (Å²) >= 11 is 0. The van der Waals surface area contributed by atoms with Gasteiger partial charge in [0.2, 0.25) is 11.8 Å². The molecule has 1 heterocycles. The number of aryl methyl sites for hydroxylation is 2. The number of carbonyl (C=O) groups excluding carboxylic acids is 2. The lowest BCUT2D eigenvalue weighted by molar-refractivity contribution is -0.135. The average Bonchev–Trinajstić information content (AvgIpc) is 2.49. The molecule has 1 aliphatic rings. The fourth-order valence-electron chi connectivity index (χ4n) is 2.79. The lowest BCUT2D eigenvalue weighted by atomic mass is 9.97. The molecule has 2 amide bonds. The molecule has 1 saturated heterocycles. The zero-order valence-electron chi connectivity index (χ0n) is 12.7. The van der Waals surface area contributed by atoms with Gasteiger partial charge in [-0.2, -0.15) is 0 Å². The predicted molar refractivity (Wildman–Crippen MR) is 82.6 cm³/mol. The fourth-order valence-corrected chi connectivity index (χ4v) is 2.79. The van der Waals surface area contributed by atoms with E-state index in [1.807, 2.05) is 0 Å². The SMILES string of the molecule is Cc1ccc(CCCC(=O)N2CCCC(C(N)=O)C2)cc1. The summed E-state index contributed by atoms with van der Waals surface area (Å²) in [5.74, 6) is -0.306. The maximum atomic E-state index is 12.2. The molecule has 0 aliphatic carbocycles. The van der Waals surface area contributed by atoms with E-state index in [0.717, 1.165) is 32.2 Å². The van der Waals surface area contributed by atoms with Crippen molar-refractivity contribution in [2.45, 2.75) is 39.0 Å². The number of primary amides is 1. The highest BCUT2D eigenvalue weighted by atomic mass is 16.2. The van der Waals surface area contributed by atoms with E-state index in [-0.39, 0.29) is 17.7 Å². The predicted octanol–water partition coefficient (Wildman–Crippen LogP) is 2.04. The van der Waals surface area contributed by atoms with Gasteiger partial charge in [-0.3, -0.25) is 9.59 Å². The Morgan fingerprint density at radius 1 is 1.29 bits per heavy atom. The third kappa shape index (κ3) is 4.59. The Hall–Kier alpha value is -1.84. The Labute approximate surface area is 126 Å². The molecule has 0 saturated carbocycles. The van der Waals surface area contributed by atoms with E-state index in [2.05, 4.69) is 31.2 Å². The molecule has 1 aromatic carbocycles. The van der Waals surface area contributed by atoms with Gasteiger partial charge in [-0.1, -0.05) is 29.8 Å². The number of benzene rings is 1. The molecule has 2 N–H and O–H groups in total. The number of amides is 2. The highest BCUT2D eigenvalue weighted by molar-refractivity contribution is 5.80. The summed E-state index contributed by atoms with van der Waals surface area (Å²) < 4.78 is 0. The number of hydrogen-bond donors (Lipinski definition) is 1. The van der Waals surface area contributed by atoms with Gasteiger partial charge in [-0.05, 0) is 38.2 Å². The van der Waals surface area contributed by atoms with Crippen LogP contribution in [0.3, 0.4) is 0 Å².